The number of para-hydroxylation sites is 1. The highest BCUT2D eigenvalue weighted by atomic mass is 16.5. The third kappa shape index (κ3) is 2.87. The average Bonchev–Trinajstić information content (AvgIpc) is 2.95. The van der Waals surface area contributed by atoms with Crippen LogP contribution in [-0.4, -0.2) is 53.2 Å². The van der Waals surface area contributed by atoms with Gasteiger partial charge in [0.2, 0.25) is 0 Å². The summed E-state index contributed by atoms with van der Waals surface area (Å²) in [5.41, 5.74) is 0.972. The van der Waals surface area contributed by atoms with E-state index in [4.69, 9.17) is 4.74 Å². The molecular weight excluding hydrogens is 264 g/mol. The molecule has 0 aliphatic carbocycles. The molecule has 0 amide bonds. The van der Waals surface area contributed by atoms with Gasteiger partial charge in [-0.25, -0.2) is 0 Å². The maximum Gasteiger partial charge on any atom is 0.162 e. The van der Waals surface area contributed by atoms with Gasteiger partial charge in [-0.2, -0.15) is 0 Å². The topological polar surface area (TPSA) is 35.9 Å². The van der Waals surface area contributed by atoms with Gasteiger partial charge in [0.25, 0.3) is 0 Å². The van der Waals surface area contributed by atoms with Gasteiger partial charge in [-0.1, -0.05) is 12.1 Å². The first-order valence-electron chi connectivity index (χ1n) is 8.12. The molecular formula is C17H26N2O2. The number of phenols is 1. The molecule has 0 aromatic heterocycles. The van der Waals surface area contributed by atoms with E-state index in [0.717, 1.165) is 25.2 Å². The summed E-state index contributed by atoms with van der Waals surface area (Å²) in [7, 11) is 0. The van der Waals surface area contributed by atoms with E-state index in [0.29, 0.717) is 30.2 Å². The van der Waals surface area contributed by atoms with Crippen LogP contribution in [0.2, 0.25) is 0 Å². The molecule has 2 fully saturated rings. The number of hydrogen-bond acceptors (Lipinski definition) is 4. The van der Waals surface area contributed by atoms with Crippen molar-refractivity contribution in [2.75, 3.05) is 26.2 Å². The van der Waals surface area contributed by atoms with E-state index in [-0.39, 0.29) is 0 Å². The van der Waals surface area contributed by atoms with Crippen molar-refractivity contribution in [3.63, 3.8) is 0 Å². The highest BCUT2D eigenvalue weighted by molar-refractivity contribution is 5.45. The highest BCUT2D eigenvalue weighted by Crippen LogP contribution is 2.33. The molecule has 2 aliphatic heterocycles. The number of aromatic hydroxyl groups is 1. The highest BCUT2D eigenvalue weighted by Gasteiger charge is 2.36. The van der Waals surface area contributed by atoms with Gasteiger partial charge in [-0.05, 0) is 39.3 Å². The SMILES string of the molecule is CCOc1cccc(CN2CCN3CCC[C@@H]3[C@H]2C)c1O. The van der Waals surface area contributed by atoms with Crippen molar-refractivity contribution >= 4 is 0 Å². The number of fused-ring (bicyclic) bond motifs is 1. The Hall–Kier alpha value is -1.26. The first kappa shape index (κ1) is 14.7. The quantitative estimate of drug-likeness (QED) is 0.924. The van der Waals surface area contributed by atoms with Crippen molar-refractivity contribution < 1.29 is 9.84 Å². The van der Waals surface area contributed by atoms with Crippen LogP contribution in [0.4, 0.5) is 0 Å². The molecule has 1 aromatic rings. The second-order valence-electron chi connectivity index (χ2n) is 6.15. The van der Waals surface area contributed by atoms with Gasteiger partial charge < -0.3 is 9.84 Å². The number of nitrogens with zero attached hydrogens (tertiary/aromatic N) is 2. The Balaban J connectivity index is 1.73. The zero-order chi connectivity index (χ0) is 14.8. The summed E-state index contributed by atoms with van der Waals surface area (Å²) in [4.78, 5) is 5.12. The summed E-state index contributed by atoms with van der Waals surface area (Å²) in [5.74, 6) is 0.905. The van der Waals surface area contributed by atoms with Gasteiger partial charge in [0.1, 0.15) is 0 Å². The summed E-state index contributed by atoms with van der Waals surface area (Å²) in [5, 5.41) is 10.4. The molecule has 4 nitrogen and oxygen atoms in total. The van der Waals surface area contributed by atoms with Crippen molar-refractivity contribution in [2.45, 2.75) is 45.3 Å². The normalized spacial score (nSPS) is 26.8. The average molecular weight is 290 g/mol. The second kappa shape index (κ2) is 6.24. The van der Waals surface area contributed by atoms with Gasteiger partial charge in [0.15, 0.2) is 11.5 Å². The molecule has 0 unspecified atom stereocenters. The lowest BCUT2D eigenvalue weighted by Gasteiger charge is -2.43. The van der Waals surface area contributed by atoms with Crippen molar-refractivity contribution in [1.82, 2.24) is 9.80 Å². The second-order valence-corrected chi connectivity index (χ2v) is 6.15. The van der Waals surface area contributed by atoms with E-state index in [1.807, 2.05) is 25.1 Å². The van der Waals surface area contributed by atoms with Crippen molar-refractivity contribution in [3.05, 3.63) is 23.8 Å². The molecule has 0 spiro atoms. The van der Waals surface area contributed by atoms with E-state index in [2.05, 4.69) is 16.7 Å². The molecule has 1 N–H and O–H groups in total. The fourth-order valence-corrected chi connectivity index (χ4v) is 3.79. The number of rotatable bonds is 4. The number of phenolic OH excluding ortho intramolecular Hbond substituents is 1. The molecule has 2 atom stereocenters. The van der Waals surface area contributed by atoms with Gasteiger partial charge in [0, 0.05) is 37.3 Å². The Bertz CT molecular complexity index is 492. The van der Waals surface area contributed by atoms with E-state index in [9.17, 15) is 5.11 Å². The Labute approximate surface area is 127 Å². The van der Waals surface area contributed by atoms with Crippen LogP contribution in [0, 0.1) is 0 Å². The van der Waals surface area contributed by atoms with Crippen LogP contribution in [0.15, 0.2) is 18.2 Å². The van der Waals surface area contributed by atoms with Crippen LogP contribution in [0.1, 0.15) is 32.3 Å². The van der Waals surface area contributed by atoms with Crippen LogP contribution in [0.3, 0.4) is 0 Å². The van der Waals surface area contributed by atoms with Gasteiger partial charge in [-0.3, -0.25) is 9.80 Å². The number of ether oxygens (including phenoxy) is 1. The molecule has 116 valence electrons. The van der Waals surface area contributed by atoms with Crippen LogP contribution in [0.25, 0.3) is 0 Å². The molecule has 0 bridgehead atoms. The Morgan fingerprint density at radius 3 is 2.95 bits per heavy atom. The number of hydrogen-bond donors (Lipinski definition) is 1. The van der Waals surface area contributed by atoms with Crippen molar-refractivity contribution in [3.8, 4) is 11.5 Å². The van der Waals surface area contributed by atoms with E-state index < -0.39 is 0 Å². The van der Waals surface area contributed by atoms with Crippen molar-refractivity contribution in [1.29, 1.82) is 0 Å². The molecule has 0 radical (unpaired) electrons. The number of piperazine rings is 1. The Morgan fingerprint density at radius 1 is 1.29 bits per heavy atom. The third-order valence-electron chi connectivity index (χ3n) is 4.98. The summed E-state index contributed by atoms with van der Waals surface area (Å²) in [6, 6.07) is 7.05. The van der Waals surface area contributed by atoms with Gasteiger partial charge in [0.05, 0.1) is 6.61 Å². The zero-order valence-electron chi connectivity index (χ0n) is 13.1. The lowest BCUT2D eigenvalue weighted by molar-refractivity contribution is 0.0465. The predicted octanol–water partition coefficient (Wildman–Crippen LogP) is 2.46. The van der Waals surface area contributed by atoms with Crippen LogP contribution in [0.5, 0.6) is 11.5 Å². The lowest BCUT2D eigenvalue weighted by Crippen LogP contribution is -2.55. The molecule has 0 saturated carbocycles. The molecule has 1 aromatic carbocycles. The summed E-state index contributed by atoms with van der Waals surface area (Å²) in [6.07, 6.45) is 2.64. The predicted molar refractivity (Wildman–Crippen MR) is 83.7 cm³/mol. The smallest absolute Gasteiger partial charge is 0.162 e. The van der Waals surface area contributed by atoms with E-state index in [1.54, 1.807) is 0 Å². The first-order valence-corrected chi connectivity index (χ1v) is 8.12. The minimum absolute atomic E-state index is 0.306. The number of benzene rings is 1. The van der Waals surface area contributed by atoms with E-state index >= 15 is 0 Å². The maximum absolute atomic E-state index is 10.4. The first-order chi connectivity index (χ1) is 10.2. The summed E-state index contributed by atoms with van der Waals surface area (Å²) >= 11 is 0. The molecule has 2 saturated heterocycles. The fourth-order valence-electron chi connectivity index (χ4n) is 3.79. The fraction of sp³-hybridized carbons (Fsp3) is 0.647. The molecule has 2 heterocycles. The Morgan fingerprint density at radius 2 is 2.14 bits per heavy atom. The van der Waals surface area contributed by atoms with E-state index in [1.165, 1.54) is 19.4 Å². The zero-order valence-corrected chi connectivity index (χ0v) is 13.1. The monoisotopic (exact) mass is 290 g/mol. The molecule has 4 heteroatoms. The van der Waals surface area contributed by atoms with Gasteiger partial charge >= 0.3 is 0 Å². The van der Waals surface area contributed by atoms with Crippen molar-refractivity contribution in [2.24, 2.45) is 0 Å². The summed E-state index contributed by atoms with van der Waals surface area (Å²) in [6.45, 7) is 9.14. The Kier molecular flexibility index (Phi) is 4.36. The largest absolute Gasteiger partial charge is 0.504 e. The lowest BCUT2D eigenvalue weighted by atomic mass is 10.0. The van der Waals surface area contributed by atoms with Gasteiger partial charge in [-0.15, -0.1) is 0 Å². The molecule has 21 heavy (non-hydrogen) atoms. The third-order valence-corrected chi connectivity index (χ3v) is 4.98. The van der Waals surface area contributed by atoms with Crippen LogP contribution >= 0.6 is 0 Å². The minimum Gasteiger partial charge on any atom is -0.504 e. The summed E-state index contributed by atoms with van der Waals surface area (Å²) < 4.78 is 5.49. The maximum atomic E-state index is 10.4. The van der Waals surface area contributed by atoms with Crippen LogP contribution in [-0.2, 0) is 6.54 Å². The van der Waals surface area contributed by atoms with Crippen LogP contribution < -0.4 is 4.74 Å². The minimum atomic E-state index is 0.306. The standard InChI is InChI=1S/C17H26N2O2/c1-3-21-16-8-4-6-14(17(16)20)12-19-11-10-18-9-5-7-15(18)13(19)2/h4,6,8,13,15,20H,3,5,7,9-12H2,1-2H3/t13-,15-/m1/s1. The molecule has 3 rings (SSSR count). The molecule has 2 aliphatic rings.